The summed E-state index contributed by atoms with van der Waals surface area (Å²) in [6.07, 6.45) is 0.563. The first-order valence-corrected chi connectivity index (χ1v) is 9.11. The summed E-state index contributed by atoms with van der Waals surface area (Å²) < 4.78 is 4.89. The van der Waals surface area contributed by atoms with Gasteiger partial charge in [0.25, 0.3) is 0 Å². The van der Waals surface area contributed by atoms with Crippen LogP contribution in [-0.4, -0.2) is 43.8 Å². The maximum absolute atomic E-state index is 11.9. The zero-order valence-corrected chi connectivity index (χ0v) is 17.1. The van der Waals surface area contributed by atoms with Gasteiger partial charge < -0.3 is 4.74 Å². The van der Waals surface area contributed by atoms with E-state index < -0.39 is 0 Å². The molecule has 0 bridgehead atoms. The van der Waals surface area contributed by atoms with E-state index in [4.69, 9.17) is 4.74 Å². The third-order valence-corrected chi connectivity index (χ3v) is 4.97. The molecule has 1 aromatic carbocycles. The molecule has 0 amide bonds. The fourth-order valence-corrected chi connectivity index (χ4v) is 3.30. The molecule has 1 fully saturated rings. The summed E-state index contributed by atoms with van der Waals surface area (Å²) >= 11 is 0. The van der Waals surface area contributed by atoms with E-state index in [-0.39, 0.29) is 29.0 Å². The van der Waals surface area contributed by atoms with Gasteiger partial charge in [-0.2, -0.15) is 0 Å². The minimum atomic E-state index is -0.345. The van der Waals surface area contributed by atoms with Crippen LogP contribution in [0.5, 0.6) is 0 Å². The molecule has 2 atom stereocenters. The van der Waals surface area contributed by atoms with E-state index in [1.165, 1.54) is 23.8 Å². The Labute approximate surface area is 152 Å². The van der Waals surface area contributed by atoms with Crippen LogP contribution in [0.15, 0.2) is 18.2 Å². The lowest BCUT2D eigenvalue weighted by Gasteiger charge is -2.26. The van der Waals surface area contributed by atoms with Crippen LogP contribution in [0.3, 0.4) is 0 Å². The van der Waals surface area contributed by atoms with Crippen LogP contribution >= 0.6 is 0 Å². The number of carbonyl (C=O) groups excluding carboxylic acids is 1. The first kappa shape index (κ1) is 19.9. The first-order chi connectivity index (χ1) is 11.4. The molecule has 1 unspecified atom stereocenters. The number of ether oxygens (including phenoxy) is 1. The number of rotatable bonds is 3. The second kappa shape index (κ2) is 7.08. The molecule has 0 aliphatic carbocycles. The summed E-state index contributed by atoms with van der Waals surface area (Å²) in [6.45, 7) is 14.4. The molecule has 4 heteroatoms. The summed E-state index contributed by atoms with van der Waals surface area (Å²) in [4.78, 5) is 13.9. The van der Waals surface area contributed by atoms with Crippen LogP contribution < -0.4 is 5.32 Å². The van der Waals surface area contributed by atoms with E-state index in [1.807, 2.05) is 11.9 Å². The van der Waals surface area contributed by atoms with E-state index in [0.29, 0.717) is 0 Å². The number of esters is 1. The minimum Gasteiger partial charge on any atom is -0.467 e. The fraction of sp³-hybridized carbons (Fsp3) is 0.667. The van der Waals surface area contributed by atoms with Crippen molar-refractivity contribution >= 4 is 5.97 Å². The lowest BCUT2D eigenvalue weighted by atomic mass is 9.79. The summed E-state index contributed by atoms with van der Waals surface area (Å²) in [5, 5.41) is 3.41. The zero-order valence-electron chi connectivity index (χ0n) is 17.1. The highest BCUT2D eigenvalue weighted by Gasteiger charge is 2.34. The third-order valence-electron chi connectivity index (χ3n) is 4.97. The lowest BCUT2D eigenvalue weighted by Crippen LogP contribution is -2.42. The van der Waals surface area contributed by atoms with Gasteiger partial charge in [-0.1, -0.05) is 59.7 Å². The van der Waals surface area contributed by atoms with Gasteiger partial charge in [-0.15, -0.1) is 0 Å². The zero-order chi connectivity index (χ0) is 19.0. The average Bonchev–Trinajstić information content (AvgIpc) is 2.85. The number of carbonyl (C=O) groups is 1. The Kier molecular flexibility index (Phi) is 5.65. The summed E-state index contributed by atoms with van der Waals surface area (Å²) in [7, 11) is 3.40. The Balaban J connectivity index is 2.26. The van der Waals surface area contributed by atoms with Gasteiger partial charge in [0.05, 0.1) is 7.11 Å². The molecular formula is C21H34N2O2. The summed E-state index contributed by atoms with van der Waals surface area (Å²) in [5.41, 5.74) is 4.29. The first-order valence-electron chi connectivity index (χ1n) is 9.11. The molecule has 0 spiro atoms. The maximum atomic E-state index is 11.9. The molecule has 1 N–H and O–H groups in total. The number of likely N-dealkylation sites (N-methyl/N-ethyl adjacent to an activating group) is 1. The highest BCUT2D eigenvalue weighted by Crippen LogP contribution is 2.31. The topological polar surface area (TPSA) is 41.6 Å². The Morgan fingerprint density at radius 3 is 2.08 bits per heavy atom. The van der Waals surface area contributed by atoms with Crippen molar-refractivity contribution in [1.82, 2.24) is 10.2 Å². The molecule has 1 aliphatic heterocycles. The predicted molar refractivity (Wildman–Crippen MR) is 103 cm³/mol. The number of hydrogen-bond acceptors (Lipinski definition) is 4. The van der Waals surface area contributed by atoms with Gasteiger partial charge in [0.1, 0.15) is 0 Å². The van der Waals surface area contributed by atoms with Crippen molar-refractivity contribution in [3.05, 3.63) is 34.9 Å². The monoisotopic (exact) mass is 346 g/mol. The van der Waals surface area contributed by atoms with E-state index in [9.17, 15) is 4.79 Å². The molecular weight excluding hydrogens is 312 g/mol. The molecule has 0 aromatic heterocycles. The van der Waals surface area contributed by atoms with Crippen molar-refractivity contribution in [2.45, 2.75) is 71.0 Å². The summed E-state index contributed by atoms with van der Waals surface area (Å²) in [5.74, 6) is -0.219. The molecule has 0 saturated carbocycles. The molecule has 25 heavy (non-hydrogen) atoms. The highest BCUT2D eigenvalue weighted by atomic mass is 16.5. The smallest absolute Gasteiger partial charge is 0.338 e. The fourth-order valence-electron chi connectivity index (χ4n) is 3.30. The van der Waals surface area contributed by atoms with Crippen molar-refractivity contribution in [3.8, 4) is 0 Å². The number of methoxy groups -OCH3 is 1. The molecule has 1 heterocycles. The summed E-state index contributed by atoms with van der Waals surface area (Å²) in [6, 6.07) is 7.23. The van der Waals surface area contributed by atoms with Crippen LogP contribution in [0.2, 0.25) is 0 Å². The van der Waals surface area contributed by atoms with E-state index in [1.54, 1.807) is 0 Å². The van der Waals surface area contributed by atoms with Crippen LogP contribution in [-0.2, 0) is 26.8 Å². The Bertz CT molecular complexity index is 594. The van der Waals surface area contributed by atoms with Crippen LogP contribution in [0.25, 0.3) is 0 Å². The second-order valence-electron chi connectivity index (χ2n) is 9.35. The molecule has 140 valence electrons. The molecule has 1 aliphatic rings. The lowest BCUT2D eigenvalue weighted by molar-refractivity contribution is -0.146. The maximum Gasteiger partial charge on any atom is 0.338 e. The van der Waals surface area contributed by atoms with Crippen molar-refractivity contribution in [1.29, 1.82) is 0 Å². The van der Waals surface area contributed by atoms with Gasteiger partial charge in [0.2, 0.25) is 0 Å². The number of nitrogens with one attached hydrogen (secondary N) is 1. The minimum absolute atomic E-state index is 0.116. The van der Waals surface area contributed by atoms with E-state index in [0.717, 1.165) is 13.0 Å². The number of nitrogens with zero attached hydrogens (tertiary/aromatic N) is 1. The van der Waals surface area contributed by atoms with Crippen molar-refractivity contribution in [3.63, 3.8) is 0 Å². The van der Waals surface area contributed by atoms with Gasteiger partial charge in [0.15, 0.2) is 6.17 Å². The molecule has 4 nitrogen and oxygen atoms in total. The van der Waals surface area contributed by atoms with Gasteiger partial charge in [-0.05, 0) is 41.0 Å². The van der Waals surface area contributed by atoms with Gasteiger partial charge in [-0.25, -0.2) is 4.79 Å². The predicted octanol–water partition coefficient (Wildman–Crippen LogP) is 3.23. The largest absolute Gasteiger partial charge is 0.467 e. The standard InChI is InChI=1S/C21H34N2O2/c1-20(2,3)15-9-14(10-16(12-15)21(4,5)6)11-17-13-23(7)18(22-17)19(24)25-8/h9-10,12,17-18,22H,11,13H2,1-8H3/t17-,18?/m0/s1. The van der Waals surface area contributed by atoms with Crippen molar-refractivity contribution in [2.24, 2.45) is 0 Å². The quantitative estimate of drug-likeness (QED) is 0.853. The Morgan fingerprint density at radius 1 is 1.12 bits per heavy atom. The van der Waals surface area contributed by atoms with Gasteiger partial charge >= 0.3 is 5.97 Å². The number of hydrogen-bond donors (Lipinski definition) is 1. The van der Waals surface area contributed by atoms with Gasteiger partial charge in [0, 0.05) is 12.6 Å². The Morgan fingerprint density at radius 2 is 1.64 bits per heavy atom. The van der Waals surface area contributed by atoms with E-state index in [2.05, 4.69) is 65.1 Å². The number of benzene rings is 1. The van der Waals surface area contributed by atoms with E-state index >= 15 is 0 Å². The average molecular weight is 347 g/mol. The third kappa shape index (κ3) is 4.83. The molecule has 1 saturated heterocycles. The Hall–Kier alpha value is -1.39. The molecule has 0 radical (unpaired) electrons. The normalized spacial score (nSPS) is 22.2. The van der Waals surface area contributed by atoms with Crippen LogP contribution in [0.4, 0.5) is 0 Å². The van der Waals surface area contributed by atoms with Crippen LogP contribution in [0, 0.1) is 0 Å². The SMILES string of the molecule is COC(=O)C1N[C@@H](Cc2cc(C(C)(C)C)cc(C(C)(C)C)c2)CN1C. The second-order valence-corrected chi connectivity index (χ2v) is 9.35. The van der Waals surface area contributed by atoms with Gasteiger partial charge in [-0.3, -0.25) is 10.2 Å². The van der Waals surface area contributed by atoms with Crippen LogP contribution in [0.1, 0.15) is 58.2 Å². The molecule has 2 rings (SSSR count). The molecule has 1 aromatic rings. The van der Waals surface area contributed by atoms with Crippen molar-refractivity contribution in [2.75, 3.05) is 20.7 Å². The highest BCUT2D eigenvalue weighted by molar-refractivity contribution is 5.75. The van der Waals surface area contributed by atoms with Crippen molar-refractivity contribution < 1.29 is 9.53 Å².